The Morgan fingerprint density at radius 3 is 2.67 bits per heavy atom. The maximum Gasteiger partial charge on any atom is 0.259 e. The van der Waals surface area contributed by atoms with Gasteiger partial charge in [-0.05, 0) is 29.1 Å². The van der Waals surface area contributed by atoms with Crippen LogP contribution < -0.4 is 5.32 Å². The Morgan fingerprint density at radius 2 is 1.93 bits per heavy atom. The summed E-state index contributed by atoms with van der Waals surface area (Å²) in [6.45, 7) is 0.582. The van der Waals surface area contributed by atoms with E-state index in [2.05, 4.69) is 10.4 Å². The standard InChI is InChI=1S/C21H17N3O2S/c25-17-9-4-8-16(12-17)22-21(26)18-14-24(13-15-6-2-1-3-7-15)23-20(18)19-10-5-11-27-19/h1-12,14,25H,13H2,(H,22,26). The van der Waals surface area contributed by atoms with Crippen LogP contribution in [-0.2, 0) is 6.54 Å². The molecule has 134 valence electrons. The lowest BCUT2D eigenvalue weighted by Crippen LogP contribution is -2.12. The second-order valence-electron chi connectivity index (χ2n) is 6.06. The van der Waals surface area contributed by atoms with E-state index in [1.54, 1.807) is 40.4 Å². The van der Waals surface area contributed by atoms with Gasteiger partial charge in [0.2, 0.25) is 0 Å². The van der Waals surface area contributed by atoms with Crippen LogP contribution in [0.1, 0.15) is 15.9 Å². The van der Waals surface area contributed by atoms with Crippen LogP contribution in [0.4, 0.5) is 5.69 Å². The first-order valence-electron chi connectivity index (χ1n) is 8.45. The van der Waals surface area contributed by atoms with E-state index in [0.717, 1.165) is 10.4 Å². The fourth-order valence-corrected chi connectivity index (χ4v) is 3.54. The molecular formula is C21H17N3O2S. The van der Waals surface area contributed by atoms with E-state index in [4.69, 9.17) is 0 Å². The van der Waals surface area contributed by atoms with Crippen molar-refractivity contribution in [3.05, 3.63) is 89.4 Å². The van der Waals surface area contributed by atoms with Gasteiger partial charge in [0.15, 0.2) is 0 Å². The van der Waals surface area contributed by atoms with Crippen molar-refractivity contribution in [1.29, 1.82) is 0 Å². The number of carbonyl (C=O) groups excluding carboxylic acids is 1. The minimum absolute atomic E-state index is 0.103. The fraction of sp³-hybridized carbons (Fsp3) is 0.0476. The number of amides is 1. The Bertz CT molecular complexity index is 1060. The number of hydrogen-bond acceptors (Lipinski definition) is 4. The van der Waals surface area contributed by atoms with E-state index in [1.807, 2.05) is 47.8 Å². The molecule has 5 nitrogen and oxygen atoms in total. The molecule has 0 aliphatic carbocycles. The predicted octanol–water partition coefficient (Wildman–Crippen LogP) is 4.62. The highest BCUT2D eigenvalue weighted by atomic mass is 32.1. The van der Waals surface area contributed by atoms with Crippen LogP contribution in [0.15, 0.2) is 78.3 Å². The molecule has 0 bridgehead atoms. The molecule has 0 saturated heterocycles. The van der Waals surface area contributed by atoms with Crippen molar-refractivity contribution in [2.45, 2.75) is 6.54 Å². The lowest BCUT2D eigenvalue weighted by atomic mass is 10.2. The second kappa shape index (κ2) is 7.47. The van der Waals surface area contributed by atoms with Gasteiger partial charge in [0.1, 0.15) is 11.4 Å². The predicted molar refractivity (Wildman–Crippen MR) is 107 cm³/mol. The number of hydrogen-bond donors (Lipinski definition) is 2. The maximum absolute atomic E-state index is 12.9. The summed E-state index contributed by atoms with van der Waals surface area (Å²) >= 11 is 1.54. The van der Waals surface area contributed by atoms with Crippen molar-refractivity contribution in [1.82, 2.24) is 9.78 Å². The number of anilines is 1. The van der Waals surface area contributed by atoms with Crippen molar-refractivity contribution in [3.63, 3.8) is 0 Å². The first kappa shape index (κ1) is 17.1. The van der Waals surface area contributed by atoms with E-state index in [1.165, 1.54) is 6.07 Å². The Kier molecular flexibility index (Phi) is 4.72. The third kappa shape index (κ3) is 3.91. The van der Waals surface area contributed by atoms with Gasteiger partial charge in [-0.1, -0.05) is 42.5 Å². The van der Waals surface area contributed by atoms with Crippen molar-refractivity contribution >= 4 is 22.9 Å². The number of aromatic hydroxyl groups is 1. The summed E-state index contributed by atoms with van der Waals surface area (Å²) in [5.74, 6) is -0.158. The molecule has 0 atom stereocenters. The van der Waals surface area contributed by atoms with Gasteiger partial charge in [0.25, 0.3) is 5.91 Å². The van der Waals surface area contributed by atoms with Gasteiger partial charge in [-0.3, -0.25) is 9.48 Å². The fourth-order valence-electron chi connectivity index (χ4n) is 2.82. The smallest absolute Gasteiger partial charge is 0.259 e. The Morgan fingerprint density at radius 1 is 1.07 bits per heavy atom. The van der Waals surface area contributed by atoms with Gasteiger partial charge in [0.05, 0.1) is 17.0 Å². The Balaban J connectivity index is 1.66. The molecule has 2 aromatic heterocycles. The van der Waals surface area contributed by atoms with Crippen LogP contribution in [0.25, 0.3) is 10.6 Å². The number of benzene rings is 2. The van der Waals surface area contributed by atoms with Gasteiger partial charge in [-0.25, -0.2) is 0 Å². The number of aromatic nitrogens is 2. The summed E-state index contributed by atoms with van der Waals surface area (Å²) in [7, 11) is 0. The summed E-state index contributed by atoms with van der Waals surface area (Å²) in [5, 5.41) is 19.0. The number of thiophene rings is 1. The Hall–Kier alpha value is -3.38. The summed E-state index contributed by atoms with van der Waals surface area (Å²) in [6.07, 6.45) is 1.76. The number of rotatable bonds is 5. The third-order valence-corrected chi connectivity index (χ3v) is 4.93. The molecule has 0 fully saturated rings. The third-order valence-electron chi connectivity index (χ3n) is 4.05. The molecule has 0 radical (unpaired) electrons. The summed E-state index contributed by atoms with van der Waals surface area (Å²) in [5.41, 5.74) is 2.79. The van der Waals surface area contributed by atoms with Crippen LogP contribution in [0.3, 0.4) is 0 Å². The molecule has 4 rings (SSSR count). The normalized spacial score (nSPS) is 10.7. The molecule has 2 heterocycles. The van der Waals surface area contributed by atoms with Crippen molar-refractivity contribution < 1.29 is 9.90 Å². The van der Waals surface area contributed by atoms with Gasteiger partial charge < -0.3 is 10.4 Å². The first-order valence-corrected chi connectivity index (χ1v) is 9.32. The number of phenols is 1. The molecule has 0 aliphatic rings. The zero-order valence-electron chi connectivity index (χ0n) is 14.4. The van der Waals surface area contributed by atoms with Gasteiger partial charge in [-0.15, -0.1) is 11.3 Å². The highest BCUT2D eigenvalue weighted by Gasteiger charge is 2.19. The van der Waals surface area contributed by atoms with E-state index in [-0.39, 0.29) is 11.7 Å². The summed E-state index contributed by atoms with van der Waals surface area (Å²) in [6, 6.07) is 20.4. The average molecular weight is 375 g/mol. The first-order chi connectivity index (χ1) is 13.2. The monoisotopic (exact) mass is 375 g/mol. The van der Waals surface area contributed by atoms with Crippen LogP contribution in [0.5, 0.6) is 5.75 Å². The van der Waals surface area contributed by atoms with Crippen LogP contribution in [0.2, 0.25) is 0 Å². The lowest BCUT2D eigenvalue weighted by molar-refractivity contribution is 0.102. The minimum Gasteiger partial charge on any atom is -0.508 e. The molecule has 4 aromatic rings. The number of nitrogens with one attached hydrogen (secondary N) is 1. The molecule has 1 amide bonds. The molecule has 0 saturated carbocycles. The van der Waals surface area contributed by atoms with E-state index in [9.17, 15) is 9.90 Å². The van der Waals surface area contributed by atoms with Crippen molar-refractivity contribution in [2.24, 2.45) is 0 Å². The number of phenolic OH excluding ortho intramolecular Hbond substituents is 1. The van der Waals surface area contributed by atoms with E-state index >= 15 is 0 Å². The zero-order chi connectivity index (χ0) is 18.6. The van der Waals surface area contributed by atoms with E-state index in [0.29, 0.717) is 23.5 Å². The molecule has 6 heteroatoms. The highest BCUT2D eigenvalue weighted by Crippen LogP contribution is 2.28. The number of carbonyl (C=O) groups is 1. The van der Waals surface area contributed by atoms with Crippen LogP contribution >= 0.6 is 11.3 Å². The maximum atomic E-state index is 12.9. The van der Waals surface area contributed by atoms with E-state index < -0.39 is 0 Å². The second-order valence-corrected chi connectivity index (χ2v) is 7.00. The largest absolute Gasteiger partial charge is 0.508 e. The molecule has 0 spiro atoms. The molecule has 0 unspecified atom stereocenters. The van der Waals surface area contributed by atoms with Gasteiger partial charge >= 0.3 is 0 Å². The van der Waals surface area contributed by atoms with Gasteiger partial charge in [-0.2, -0.15) is 5.10 Å². The SMILES string of the molecule is O=C(Nc1cccc(O)c1)c1cn(Cc2ccccc2)nc1-c1cccs1. The highest BCUT2D eigenvalue weighted by molar-refractivity contribution is 7.13. The van der Waals surface area contributed by atoms with Crippen molar-refractivity contribution in [3.8, 4) is 16.3 Å². The summed E-state index contributed by atoms with van der Waals surface area (Å²) in [4.78, 5) is 13.8. The number of nitrogens with zero attached hydrogens (tertiary/aromatic N) is 2. The Labute approximate surface area is 160 Å². The lowest BCUT2D eigenvalue weighted by Gasteiger charge is -2.05. The molecule has 0 aliphatic heterocycles. The average Bonchev–Trinajstić information content (AvgIpc) is 3.32. The molecule has 27 heavy (non-hydrogen) atoms. The zero-order valence-corrected chi connectivity index (χ0v) is 15.2. The molecule has 2 aromatic carbocycles. The topological polar surface area (TPSA) is 67.2 Å². The van der Waals surface area contributed by atoms with Crippen molar-refractivity contribution in [2.75, 3.05) is 5.32 Å². The quantitative estimate of drug-likeness (QED) is 0.535. The molecular weight excluding hydrogens is 358 g/mol. The minimum atomic E-state index is -0.261. The van der Waals surface area contributed by atoms with Gasteiger partial charge in [0, 0.05) is 18.0 Å². The summed E-state index contributed by atoms with van der Waals surface area (Å²) < 4.78 is 1.78. The van der Waals surface area contributed by atoms with Crippen LogP contribution in [0, 0.1) is 0 Å². The molecule has 2 N–H and O–H groups in total. The van der Waals surface area contributed by atoms with Crippen LogP contribution in [-0.4, -0.2) is 20.8 Å².